The molecule has 0 amide bonds. The number of nitrogens with one attached hydrogen (secondary N) is 2. The highest BCUT2D eigenvalue weighted by molar-refractivity contribution is 5.97. The molecule has 0 spiro atoms. The maximum atomic E-state index is 4.82. The summed E-state index contributed by atoms with van der Waals surface area (Å²) in [6.45, 7) is 3.76. The number of hydrogen-bond donors (Lipinski definition) is 2. The Bertz CT molecular complexity index is 1010. The summed E-state index contributed by atoms with van der Waals surface area (Å²) in [7, 11) is 1.94. The molecule has 0 atom stereocenters. The molecule has 0 saturated carbocycles. The highest BCUT2D eigenvalue weighted by atomic mass is 35.5. The van der Waals surface area contributed by atoms with Crippen molar-refractivity contribution in [3.63, 3.8) is 0 Å². The third-order valence-electron chi connectivity index (χ3n) is 4.13. The van der Waals surface area contributed by atoms with Crippen LogP contribution < -0.4 is 10.6 Å². The Morgan fingerprint density at radius 3 is 2.58 bits per heavy atom. The number of imidazole rings is 1. The van der Waals surface area contributed by atoms with Gasteiger partial charge >= 0.3 is 0 Å². The van der Waals surface area contributed by atoms with Crippen molar-refractivity contribution < 1.29 is 0 Å². The first-order valence-corrected chi connectivity index (χ1v) is 7.83. The minimum absolute atomic E-state index is 0. The van der Waals surface area contributed by atoms with Gasteiger partial charge in [0.05, 0.1) is 11.0 Å². The summed E-state index contributed by atoms with van der Waals surface area (Å²) in [4.78, 5) is 9.36. The predicted molar refractivity (Wildman–Crippen MR) is 102 cm³/mol. The van der Waals surface area contributed by atoms with Crippen LogP contribution in [0.25, 0.3) is 27.5 Å². The Morgan fingerprint density at radius 1 is 1.08 bits per heavy atom. The van der Waals surface area contributed by atoms with Crippen molar-refractivity contribution in [1.29, 1.82) is 0 Å². The van der Waals surface area contributed by atoms with Crippen molar-refractivity contribution in [3.05, 3.63) is 48.3 Å². The number of aromatic nitrogens is 3. The average molecular weight is 342 g/mol. The molecule has 2 heterocycles. The van der Waals surface area contributed by atoms with Gasteiger partial charge in [-0.15, -0.1) is 12.4 Å². The molecule has 0 fully saturated rings. The van der Waals surface area contributed by atoms with Gasteiger partial charge in [-0.2, -0.15) is 0 Å². The lowest BCUT2D eigenvalue weighted by Crippen LogP contribution is -2.18. The molecule has 2 N–H and O–H groups in total. The number of halogens is 1. The number of anilines is 1. The highest BCUT2D eigenvalue weighted by Gasteiger charge is 2.12. The minimum Gasteiger partial charge on any atom is -0.366 e. The van der Waals surface area contributed by atoms with Crippen LogP contribution in [0.5, 0.6) is 0 Å². The Kier molecular flexibility index (Phi) is 4.55. The van der Waals surface area contributed by atoms with E-state index < -0.39 is 0 Å². The van der Waals surface area contributed by atoms with E-state index in [1.165, 1.54) is 10.8 Å². The zero-order valence-electron chi connectivity index (χ0n) is 13.7. The molecule has 0 aliphatic heterocycles. The molecule has 124 valence electrons. The molecule has 4 rings (SSSR count). The molecule has 6 heteroatoms. The summed E-state index contributed by atoms with van der Waals surface area (Å²) >= 11 is 0. The summed E-state index contributed by atoms with van der Waals surface area (Å²) in [5, 5.41) is 8.93. The molecule has 4 aromatic rings. The summed E-state index contributed by atoms with van der Waals surface area (Å²) in [5.74, 6) is 0.830. The predicted octanol–water partition coefficient (Wildman–Crippen LogP) is 3.40. The van der Waals surface area contributed by atoms with Gasteiger partial charge in [0.25, 0.3) is 0 Å². The molecule has 2 aromatic heterocycles. The molecule has 2 aromatic carbocycles. The molecule has 0 aliphatic carbocycles. The fourth-order valence-electron chi connectivity index (χ4n) is 2.99. The van der Waals surface area contributed by atoms with Crippen LogP contribution in [0.2, 0.25) is 0 Å². The monoisotopic (exact) mass is 341 g/mol. The maximum Gasteiger partial charge on any atom is 0.180 e. The van der Waals surface area contributed by atoms with E-state index in [1.807, 2.05) is 13.2 Å². The topological polar surface area (TPSA) is 54.2 Å². The van der Waals surface area contributed by atoms with E-state index >= 15 is 0 Å². The van der Waals surface area contributed by atoms with E-state index in [-0.39, 0.29) is 12.4 Å². The van der Waals surface area contributed by atoms with Crippen LogP contribution >= 0.6 is 12.4 Å². The molecule has 0 aliphatic rings. The lowest BCUT2D eigenvalue weighted by molar-refractivity contribution is 0.821. The fraction of sp³-hybridized carbons (Fsp3) is 0.222. The number of aryl methyl sites for hydroxylation is 1. The Hall–Kier alpha value is -2.37. The lowest BCUT2D eigenvalue weighted by atomic mass is 10.1. The van der Waals surface area contributed by atoms with Gasteiger partial charge in [-0.25, -0.2) is 9.97 Å². The first kappa shape index (κ1) is 16.5. The second kappa shape index (κ2) is 6.63. The number of nitrogens with zero attached hydrogens (tertiary/aromatic N) is 3. The first-order valence-electron chi connectivity index (χ1n) is 7.83. The van der Waals surface area contributed by atoms with Crippen molar-refractivity contribution in [2.24, 2.45) is 0 Å². The number of rotatable bonds is 4. The molecular weight excluding hydrogens is 322 g/mol. The Labute approximate surface area is 146 Å². The summed E-state index contributed by atoms with van der Waals surface area (Å²) in [5.41, 5.74) is 4.05. The van der Waals surface area contributed by atoms with E-state index in [0.717, 1.165) is 41.3 Å². The normalized spacial score (nSPS) is 11.1. The molecule has 0 saturated heterocycles. The van der Waals surface area contributed by atoms with Crippen molar-refractivity contribution in [3.8, 4) is 0 Å². The Balaban J connectivity index is 0.00000169. The molecule has 0 bridgehead atoms. The SMILES string of the molecule is CNCCNc1nc2cc3ccccc3cc2n2c(C)cnc12.Cl. The number of benzene rings is 2. The fourth-order valence-corrected chi connectivity index (χ4v) is 2.99. The van der Waals surface area contributed by atoms with Gasteiger partial charge < -0.3 is 10.6 Å². The van der Waals surface area contributed by atoms with E-state index in [2.05, 4.69) is 63.3 Å². The van der Waals surface area contributed by atoms with Crippen molar-refractivity contribution in [2.45, 2.75) is 6.92 Å². The average Bonchev–Trinajstić information content (AvgIpc) is 2.96. The third-order valence-corrected chi connectivity index (χ3v) is 4.13. The number of fused-ring (bicyclic) bond motifs is 4. The van der Waals surface area contributed by atoms with Gasteiger partial charge in [-0.1, -0.05) is 24.3 Å². The quantitative estimate of drug-likeness (QED) is 0.441. The van der Waals surface area contributed by atoms with Crippen LogP contribution in [-0.4, -0.2) is 34.5 Å². The summed E-state index contributed by atoms with van der Waals surface area (Å²) in [6, 6.07) is 12.7. The van der Waals surface area contributed by atoms with Crippen molar-refractivity contribution in [2.75, 3.05) is 25.5 Å². The van der Waals surface area contributed by atoms with Crippen LogP contribution in [0.1, 0.15) is 5.69 Å². The van der Waals surface area contributed by atoms with E-state index in [4.69, 9.17) is 4.98 Å². The zero-order valence-corrected chi connectivity index (χ0v) is 14.5. The maximum absolute atomic E-state index is 4.82. The van der Waals surface area contributed by atoms with Crippen LogP contribution in [-0.2, 0) is 0 Å². The van der Waals surface area contributed by atoms with Crippen LogP contribution in [0.3, 0.4) is 0 Å². The molecule has 5 nitrogen and oxygen atoms in total. The Morgan fingerprint density at radius 2 is 1.83 bits per heavy atom. The summed E-state index contributed by atoms with van der Waals surface area (Å²) in [6.07, 6.45) is 1.90. The van der Waals surface area contributed by atoms with Gasteiger partial charge in [-0.3, -0.25) is 4.40 Å². The second-order valence-electron chi connectivity index (χ2n) is 5.74. The number of hydrogen-bond acceptors (Lipinski definition) is 4. The van der Waals surface area contributed by atoms with Gasteiger partial charge in [0, 0.05) is 25.0 Å². The van der Waals surface area contributed by atoms with Gasteiger partial charge in [-0.05, 0) is 36.9 Å². The van der Waals surface area contributed by atoms with Crippen LogP contribution in [0.15, 0.2) is 42.6 Å². The smallest absolute Gasteiger partial charge is 0.180 e. The van der Waals surface area contributed by atoms with Crippen LogP contribution in [0, 0.1) is 6.92 Å². The molecular formula is C18H20ClN5. The largest absolute Gasteiger partial charge is 0.366 e. The molecule has 24 heavy (non-hydrogen) atoms. The van der Waals surface area contributed by atoms with E-state index in [1.54, 1.807) is 0 Å². The lowest BCUT2D eigenvalue weighted by Gasteiger charge is -2.11. The third kappa shape index (κ3) is 2.66. The zero-order chi connectivity index (χ0) is 15.8. The molecule has 0 unspecified atom stereocenters. The van der Waals surface area contributed by atoms with Crippen molar-refractivity contribution in [1.82, 2.24) is 19.7 Å². The van der Waals surface area contributed by atoms with Gasteiger partial charge in [0.15, 0.2) is 11.5 Å². The molecule has 0 radical (unpaired) electrons. The first-order chi connectivity index (χ1) is 11.3. The standard InChI is InChI=1S/C18H19N5.ClH/c1-12-11-21-18-17(20-8-7-19-2)22-15-9-13-5-3-4-6-14(13)10-16(15)23(12)18;/h3-6,9-11,19H,7-8H2,1-2H3,(H,20,22);1H. The van der Waals surface area contributed by atoms with Crippen LogP contribution in [0.4, 0.5) is 5.82 Å². The minimum atomic E-state index is 0. The summed E-state index contributed by atoms with van der Waals surface area (Å²) < 4.78 is 2.18. The second-order valence-corrected chi connectivity index (χ2v) is 5.74. The highest BCUT2D eigenvalue weighted by Crippen LogP contribution is 2.26. The number of likely N-dealkylation sites (N-methyl/N-ethyl adjacent to an activating group) is 1. The van der Waals surface area contributed by atoms with E-state index in [0.29, 0.717) is 0 Å². The van der Waals surface area contributed by atoms with Crippen molar-refractivity contribution >= 4 is 45.7 Å². The van der Waals surface area contributed by atoms with Gasteiger partial charge in [0.1, 0.15) is 0 Å². The van der Waals surface area contributed by atoms with E-state index in [9.17, 15) is 0 Å². The van der Waals surface area contributed by atoms with Gasteiger partial charge in [0.2, 0.25) is 0 Å².